The number of hydrogen-bond acceptors (Lipinski definition) is 1. The molecule has 2 heteroatoms. The maximum Gasteiger partial charge on any atom is 0.193 e. The van der Waals surface area contributed by atoms with Crippen LogP contribution in [0.5, 0.6) is 0 Å². The fourth-order valence-corrected chi connectivity index (χ4v) is 2.46. The van der Waals surface area contributed by atoms with Gasteiger partial charge in [-0.05, 0) is 48.6 Å². The van der Waals surface area contributed by atoms with Gasteiger partial charge in [0, 0.05) is 15.6 Å². The van der Waals surface area contributed by atoms with E-state index in [1.54, 1.807) is 0 Å². The van der Waals surface area contributed by atoms with Crippen LogP contribution in [0.2, 0.25) is 0 Å². The highest BCUT2D eigenvalue weighted by Crippen LogP contribution is 2.19. The highest BCUT2D eigenvalue weighted by atomic mass is 79.9. The second-order valence-electron chi connectivity index (χ2n) is 5.59. The van der Waals surface area contributed by atoms with E-state index >= 15 is 0 Å². The Morgan fingerprint density at radius 1 is 1.05 bits per heavy atom. The van der Waals surface area contributed by atoms with Crippen LogP contribution in [0.1, 0.15) is 40.9 Å². The molecule has 1 nitrogen and oxygen atoms in total. The molecule has 0 aliphatic carbocycles. The van der Waals surface area contributed by atoms with Crippen molar-refractivity contribution in [3.8, 4) is 0 Å². The summed E-state index contributed by atoms with van der Waals surface area (Å²) in [6.45, 7) is 6.39. The van der Waals surface area contributed by atoms with E-state index in [0.717, 1.165) is 27.6 Å². The number of halogens is 1. The summed E-state index contributed by atoms with van der Waals surface area (Å²) in [4.78, 5) is 12.4. The third kappa shape index (κ3) is 3.57. The third-order valence-corrected chi connectivity index (χ3v) is 4.17. The Hall–Kier alpha value is -1.41. The molecule has 104 valence electrons. The van der Waals surface area contributed by atoms with Gasteiger partial charge in [0.15, 0.2) is 5.78 Å². The lowest BCUT2D eigenvalue weighted by atomic mass is 9.98. The van der Waals surface area contributed by atoms with E-state index in [9.17, 15) is 4.79 Å². The summed E-state index contributed by atoms with van der Waals surface area (Å²) in [5, 5.41) is 0. The highest BCUT2D eigenvalue weighted by molar-refractivity contribution is 9.10. The van der Waals surface area contributed by atoms with Crippen LogP contribution >= 0.6 is 15.9 Å². The monoisotopic (exact) mass is 330 g/mol. The molecule has 0 aromatic heterocycles. The van der Waals surface area contributed by atoms with Gasteiger partial charge in [-0.1, -0.05) is 54.0 Å². The Balaban J connectivity index is 2.22. The third-order valence-electron chi connectivity index (χ3n) is 3.28. The predicted molar refractivity (Wildman–Crippen MR) is 87.3 cm³/mol. The molecule has 2 rings (SSSR count). The van der Waals surface area contributed by atoms with E-state index < -0.39 is 0 Å². The lowest BCUT2D eigenvalue weighted by molar-refractivity contribution is 0.103. The molecule has 0 heterocycles. The average Bonchev–Trinajstić information content (AvgIpc) is 2.41. The molecule has 0 aliphatic rings. The van der Waals surface area contributed by atoms with Gasteiger partial charge in [0.2, 0.25) is 0 Å². The van der Waals surface area contributed by atoms with Crippen molar-refractivity contribution in [3.63, 3.8) is 0 Å². The zero-order valence-corrected chi connectivity index (χ0v) is 13.7. The maximum absolute atomic E-state index is 12.4. The summed E-state index contributed by atoms with van der Waals surface area (Å²) >= 11 is 3.46. The van der Waals surface area contributed by atoms with Gasteiger partial charge in [-0.25, -0.2) is 0 Å². The first-order valence-electron chi connectivity index (χ1n) is 6.87. The number of benzene rings is 2. The van der Waals surface area contributed by atoms with Gasteiger partial charge in [-0.2, -0.15) is 0 Å². The van der Waals surface area contributed by atoms with Crippen molar-refractivity contribution in [2.24, 2.45) is 5.92 Å². The highest BCUT2D eigenvalue weighted by Gasteiger charge is 2.10. The first kappa shape index (κ1) is 15.0. The molecule has 0 saturated carbocycles. The Morgan fingerprint density at radius 3 is 2.20 bits per heavy atom. The molecular formula is C18H19BrO. The molecule has 0 saturated heterocycles. The summed E-state index contributed by atoms with van der Waals surface area (Å²) < 4.78 is 1.03. The van der Waals surface area contributed by atoms with Crippen molar-refractivity contribution in [1.29, 1.82) is 0 Å². The standard InChI is InChI=1S/C18H19BrO/c1-12(2)10-14-4-6-15(7-5-14)18(20)16-8-9-17(19)13(3)11-16/h4-9,11-12H,10H2,1-3H3. The number of hydrogen-bond donors (Lipinski definition) is 0. The molecule has 0 N–H and O–H groups in total. The quantitative estimate of drug-likeness (QED) is 0.705. The average molecular weight is 331 g/mol. The van der Waals surface area contributed by atoms with Crippen LogP contribution in [0.15, 0.2) is 46.9 Å². The summed E-state index contributed by atoms with van der Waals surface area (Å²) in [6, 6.07) is 13.7. The van der Waals surface area contributed by atoms with E-state index in [1.165, 1.54) is 5.56 Å². The Morgan fingerprint density at radius 2 is 1.65 bits per heavy atom. The zero-order chi connectivity index (χ0) is 14.7. The minimum atomic E-state index is 0.0803. The summed E-state index contributed by atoms with van der Waals surface area (Å²) in [7, 11) is 0. The summed E-state index contributed by atoms with van der Waals surface area (Å²) in [6.07, 6.45) is 1.05. The van der Waals surface area contributed by atoms with E-state index in [2.05, 4.69) is 41.9 Å². The van der Waals surface area contributed by atoms with Crippen molar-refractivity contribution in [1.82, 2.24) is 0 Å². The van der Waals surface area contributed by atoms with Crippen molar-refractivity contribution in [2.75, 3.05) is 0 Å². The molecule has 20 heavy (non-hydrogen) atoms. The molecule has 0 aliphatic heterocycles. The van der Waals surface area contributed by atoms with Crippen LogP contribution in [0.3, 0.4) is 0 Å². The van der Waals surface area contributed by atoms with Gasteiger partial charge in [0.05, 0.1) is 0 Å². The molecule has 0 unspecified atom stereocenters. The number of ketones is 1. The molecule has 0 radical (unpaired) electrons. The minimum absolute atomic E-state index is 0.0803. The topological polar surface area (TPSA) is 17.1 Å². The molecule has 0 bridgehead atoms. The Bertz CT molecular complexity index is 612. The van der Waals surface area contributed by atoms with Crippen molar-refractivity contribution in [2.45, 2.75) is 27.2 Å². The SMILES string of the molecule is Cc1cc(C(=O)c2ccc(CC(C)C)cc2)ccc1Br. The van der Waals surface area contributed by atoms with E-state index in [0.29, 0.717) is 5.92 Å². The number of rotatable bonds is 4. The lowest BCUT2D eigenvalue weighted by Gasteiger charge is -2.07. The van der Waals surface area contributed by atoms with Crippen molar-refractivity contribution >= 4 is 21.7 Å². The van der Waals surface area contributed by atoms with Crippen LogP contribution in [-0.2, 0) is 6.42 Å². The Labute approximate surface area is 129 Å². The van der Waals surface area contributed by atoms with Crippen molar-refractivity contribution in [3.05, 3.63) is 69.2 Å². The lowest BCUT2D eigenvalue weighted by Crippen LogP contribution is -2.02. The zero-order valence-electron chi connectivity index (χ0n) is 12.1. The summed E-state index contributed by atoms with van der Waals surface area (Å²) in [5.41, 5.74) is 3.84. The second-order valence-corrected chi connectivity index (χ2v) is 6.44. The fourth-order valence-electron chi connectivity index (χ4n) is 2.22. The van der Waals surface area contributed by atoms with Crippen LogP contribution in [0, 0.1) is 12.8 Å². The minimum Gasteiger partial charge on any atom is -0.289 e. The van der Waals surface area contributed by atoms with Gasteiger partial charge in [0.25, 0.3) is 0 Å². The van der Waals surface area contributed by atoms with E-state index in [1.807, 2.05) is 37.3 Å². The number of carbonyl (C=O) groups is 1. The van der Waals surface area contributed by atoms with Crippen LogP contribution in [0.4, 0.5) is 0 Å². The molecule has 0 spiro atoms. The van der Waals surface area contributed by atoms with Gasteiger partial charge < -0.3 is 0 Å². The number of carbonyl (C=O) groups excluding carboxylic acids is 1. The van der Waals surface area contributed by atoms with Crippen LogP contribution < -0.4 is 0 Å². The maximum atomic E-state index is 12.4. The fraction of sp³-hybridized carbons (Fsp3) is 0.278. The summed E-state index contributed by atoms with van der Waals surface area (Å²) in [5.74, 6) is 0.711. The second kappa shape index (κ2) is 6.36. The number of aryl methyl sites for hydroxylation is 1. The van der Waals surface area contributed by atoms with Gasteiger partial charge in [0.1, 0.15) is 0 Å². The molecular weight excluding hydrogens is 312 g/mol. The smallest absolute Gasteiger partial charge is 0.193 e. The largest absolute Gasteiger partial charge is 0.289 e. The molecule has 2 aromatic rings. The van der Waals surface area contributed by atoms with E-state index in [-0.39, 0.29) is 5.78 Å². The molecule has 0 fully saturated rings. The van der Waals surface area contributed by atoms with Crippen LogP contribution in [-0.4, -0.2) is 5.78 Å². The normalized spacial score (nSPS) is 10.8. The molecule has 0 atom stereocenters. The van der Waals surface area contributed by atoms with Crippen molar-refractivity contribution < 1.29 is 4.79 Å². The van der Waals surface area contributed by atoms with E-state index in [4.69, 9.17) is 0 Å². The van der Waals surface area contributed by atoms with Gasteiger partial charge in [-0.15, -0.1) is 0 Å². The first-order valence-corrected chi connectivity index (χ1v) is 7.66. The Kier molecular flexibility index (Phi) is 4.77. The first-order chi connectivity index (χ1) is 9.47. The van der Waals surface area contributed by atoms with Gasteiger partial charge in [-0.3, -0.25) is 4.79 Å². The van der Waals surface area contributed by atoms with Gasteiger partial charge >= 0.3 is 0 Å². The molecule has 0 amide bonds. The molecule has 2 aromatic carbocycles. The van der Waals surface area contributed by atoms with Crippen LogP contribution in [0.25, 0.3) is 0 Å². The predicted octanol–water partition coefficient (Wildman–Crippen LogP) is 5.19.